The van der Waals surface area contributed by atoms with Gasteiger partial charge >= 0.3 is 33.6 Å². The van der Waals surface area contributed by atoms with E-state index in [0.717, 1.165) is 154 Å². The summed E-state index contributed by atoms with van der Waals surface area (Å²) in [6.07, 6.45) is 80.0. The molecule has 5 unspecified atom stereocenters. The Balaban J connectivity index is 4.53. The van der Waals surface area contributed by atoms with Gasteiger partial charge in [0.05, 0.1) is 26.4 Å². The van der Waals surface area contributed by atoms with E-state index in [9.17, 15) is 43.5 Å². The zero-order valence-electron chi connectivity index (χ0n) is 59.6. The zero-order chi connectivity index (χ0) is 69.5. The Morgan fingerprint density at radius 1 is 0.305 bits per heavy atom. The van der Waals surface area contributed by atoms with Crippen molar-refractivity contribution in [2.75, 3.05) is 39.6 Å². The number of phosphoric ester groups is 2. The first kappa shape index (κ1) is 91.2. The van der Waals surface area contributed by atoms with Gasteiger partial charge in [-0.15, -0.1) is 0 Å². The average molecular weight is 1380 g/mol. The lowest BCUT2D eigenvalue weighted by molar-refractivity contribution is -0.161. The molecule has 0 aliphatic heterocycles. The van der Waals surface area contributed by atoms with Crippen molar-refractivity contribution in [2.24, 2.45) is 0 Å². The van der Waals surface area contributed by atoms with Crippen molar-refractivity contribution in [1.82, 2.24) is 0 Å². The average Bonchev–Trinajstić information content (AvgIpc) is 3.35. The van der Waals surface area contributed by atoms with E-state index in [1.165, 1.54) is 89.9 Å². The largest absolute Gasteiger partial charge is 0.472 e. The van der Waals surface area contributed by atoms with Gasteiger partial charge in [0.25, 0.3) is 0 Å². The summed E-state index contributed by atoms with van der Waals surface area (Å²) in [5.41, 5.74) is 0. The molecule has 0 heterocycles. The van der Waals surface area contributed by atoms with Crippen molar-refractivity contribution in [2.45, 2.75) is 322 Å². The number of aliphatic hydroxyl groups is 2. The van der Waals surface area contributed by atoms with Crippen molar-refractivity contribution in [3.8, 4) is 0 Å². The second kappa shape index (κ2) is 70.1. The van der Waals surface area contributed by atoms with Gasteiger partial charge in [0.1, 0.15) is 25.4 Å². The molecule has 0 amide bonds. The first-order valence-electron chi connectivity index (χ1n) is 37.2. The molecule has 0 aliphatic rings. The molecule has 0 radical (unpaired) electrons. The van der Waals surface area contributed by atoms with Gasteiger partial charge < -0.3 is 34.2 Å². The minimum absolute atomic E-state index is 0.104. The molecule has 548 valence electrons. The van der Waals surface area contributed by atoms with Gasteiger partial charge in [0.2, 0.25) is 0 Å². The molecule has 0 aliphatic carbocycles. The summed E-state index contributed by atoms with van der Waals surface area (Å²) >= 11 is 0. The van der Waals surface area contributed by atoms with Crippen LogP contribution in [0.5, 0.6) is 0 Å². The molecule has 0 fully saturated rings. The highest BCUT2D eigenvalue weighted by molar-refractivity contribution is 7.47. The van der Waals surface area contributed by atoms with Crippen LogP contribution in [0.1, 0.15) is 303 Å². The minimum Gasteiger partial charge on any atom is -0.463 e. The van der Waals surface area contributed by atoms with E-state index in [-0.39, 0.29) is 19.3 Å². The van der Waals surface area contributed by atoms with Crippen LogP contribution in [0.4, 0.5) is 0 Å². The molecule has 18 heteroatoms. The molecule has 4 N–H and O–H groups in total. The highest BCUT2D eigenvalue weighted by Gasteiger charge is 2.29. The van der Waals surface area contributed by atoms with Gasteiger partial charge in [-0.1, -0.05) is 284 Å². The second-order valence-electron chi connectivity index (χ2n) is 24.7. The maximum absolute atomic E-state index is 12.9. The molecular formula is C77H134O16P2. The monoisotopic (exact) mass is 1380 g/mol. The van der Waals surface area contributed by atoms with Gasteiger partial charge in [-0.05, 0) is 109 Å². The van der Waals surface area contributed by atoms with E-state index in [1.54, 1.807) is 0 Å². The first-order chi connectivity index (χ1) is 46.2. The van der Waals surface area contributed by atoms with Crippen LogP contribution in [-0.2, 0) is 55.8 Å². The van der Waals surface area contributed by atoms with E-state index in [4.69, 9.17) is 32.3 Å². The molecule has 0 saturated heterocycles. The van der Waals surface area contributed by atoms with Crippen LogP contribution in [-0.4, -0.2) is 95.9 Å². The first-order valence-corrected chi connectivity index (χ1v) is 40.2. The predicted molar refractivity (Wildman–Crippen MR) is 390 cm³/mol. The Morgan fingerprint density at radius 2 is 0.558 bits per heavy atom. The second-order valence-corrected chi connectivity index (χ2v) is 27.6. The predicted octanol–water partition coefficient (Wildman–Crippen LogP) is 21.2. The Morgan fingerprint density at radius 3 is 0.905 bits per heavy atom. The third kappa shape index (κ3) is 71.3. The van der Waals surface area contributed by atoms with Gasteiger partial charge in [-0.25, -0.2) is 9.13 Å². The number of allylic oxidation sites excluding steroid dienone is 18. The Labute approximate surface area is 577 Å². The van der Waals surface area contributed by atoms with Crippen LogP contribution in [0.25, 0.3) is 0 Å². The standard InChI is InChI=1S/C77H134O16P2/c1-4-7-10-13-16-19-22-24-26-28-30-32-34-35-37-39-40-42-44-46-49-51-54-57-60-63-75(80)87-66-72(78)67-89-94(83,84)90-68-73(79)69-91-95(85,86)92-71-74(93-77(82)65-62-59-56-53-48-21-18-15-12-9-6-3)70-88-76(81)64-61-58-55-52-50-47-45-43-41-38-36-33-31-29-27-25-23-20-17-14-11-8-5-2/h7,10,16-17,19-20,24-27,30-33,35,37-38,41,72-74,78-79H,4-6,8-9,11-15,18,21-23,28-29,34,36,39-40,42-71H2,1-3H3,(H,83,84)(H,85,86)/b10-7-,19-16-,20-17-,26-24-,27-25-,32-30-,33-31-,37-35-,41-38-. The Kier molecular flexibility index (Phi) is 67.3. The van der Waals surface area contributed by atoms with E-state index >= 15 is 0 Å². The zero-order valence-corrected chi connectivity index (χ0v) is 61.4. The van der Waals surface area contributed by atoms with Crippen LogP contribution < -0.4 is 0 Å². The lowest BCUT2D eigenvalue weighted by atomic mass is 10.1. The number of aliphatic hydroxyl groups excluding tert-OH is 2. The molecule has 0 saturated carbocycles. The van der Waals surface area contributed by atoms with Crippen LogP contribution in [0.3, 0.4) is 0 Å². The molecule has 0 rings (SSSR count). The van der Waals surface area contributed by atoms with Crippen molar-refractivity contribution in [3.63, 3.8) is 0 Å². The summed E-state index contributed by atoms with van der Waals surface area (Å²) < 4.78 is 61.0. The fourth-order valence-corrected chi connectivity index (χ4v) is 11.4. The summed E-state index contributed by atoms with van der Waals surface area (Å²) in [7, 11) is -9.78. The molecule has 5 atom stereocenters. The van der Waals surface area contributed by atoms with Crippen molar-refractivity contribution in [1.29, 1.82) is 0 Å². The van der Waals surface area contributed by atoms with Gasteiger partial charge in [0.15, 0.2) is 6.10 Å². The maximum atomic E-state index is 12.9. The fourth-order valence-electron chi connectivity index (χ4n) is 9.82. The number of unbranched alkanes of at least 4 members (excludes halogenated alkanes) is 29. The van der Waals surface area contributed by atoms with E-state index < -0.39 is 91.5 Å². The van der Waals surface area contributed by atoms with Crippen LogP contribution in [0, 0.1) is 0 Å². The molecule has 0 aromatic heterocycles. The van der Waals surface area contributed by atoms with Crippen LogP contribution in [0.15, 0.2) is 109 Å². The number of hydrogen-bond donors (Lipinski definition) is 4. The Bertz CT molecular complexity index is 2170. The van der Waals surface area contributed by atoms with Crippen molar-refractivity contribution < 1.29 is 75.8 Å². The number of carbonyl (C=O) groups excluding carboxylic acids is 3. The van der Waals surface area contributed by atoms with Crippen molar-refractivity contribution >= 4 is 33.6 Å². The van der Waals surface area contributed by atoms with E-state index in [1.807, 2.05) is 0 Å². The van der Waals surface area contributed by atoms with E-state index in [2.05, 4.69) is 130 Å². The highest BCUT2D eigenvalue weighted by Crippen LogP contribution is 2.45. The number of rotatable bonds is 70. The van der Waals surface area contributed by atoms with Gasteiger partial charge in [-0.2, -0.15) is 0 Å². The van der Waals surface area contributed by atoms with E-state index in [0.29, 0.717) is 19.3 Å². The third-order valence-corrected chi connectivity index (χ3v) is 17.4. The number of hydrogen-bond acceptors (Lipinski definition) is 14. The van der Waals surface area contributed by atoms with Crippen molar-refractivity contribution in [3.05, 3.63) is 109 Å². The maximum Gasteiger partial charge on any atom is 0.472 e. The van der Waals surface area contributed by atoms with Gasteiger partial charge in [0, 0.05) is 19.3 Å². The van der Waals surface area contributed by atoms with Gasteiger partial charge in [-0.3, -0.25) is 32.5 Å². The third-order valence-electron chi connectivity index (χ3n) is 15.5. The summed E-state index contributed by atoms with van der Waals surface area (Å²) in [5.74, 6) is -1.59. The smallest absolute Gasteiger partial charge is 0.463 e. The molecule has 0 bridgehead atoms. The number of phosphoric acid groups is 2. The van der Waals surface area contributed by atoms with Crippen LogP contribution >= 0.6 is 15.6 Å². The molecule has 95 heavy (non-hydrogen) atoms. The summed E-state index contributed by atoms with van der Waals surface area (Å²) in [6, 6.07) is 0. The number of carbonyl (C=O) groups is 3. The lowest BCUT2D eigenvalue weighted by Gasteiger charge is -2.21. The molecule has 0 aromatic carbocycles. The van der Waals surface area contributed by atoms with Crippen LogP contribution in [0.2, 0.25) is 0 Å². The molecule has 16 nitrogen and oxygen atoms in total. The molecule has 0 spiro atoms. The topological polar surface area (TPSA) is 231 Å². The highest BCUT2D eigenvalue weighted by atomic mass is 31.2. The normalized spacial score (nSPS) is 14.7. The SMILES string of the molecule is CC/C=C\C/C=C\C/C=C\C/C=C\C/C=C\CCCCCCCCCCCC(=O)OCC(O)COP(=O)(O)OCC(O)COP(=O)(O)OCC(COC(=O)CCCCCCCCC/C=C\C/C=C\C/C=C\C/C=C\CCCCC)OC(=O)CCCCCCCCCCCCC. The fraction of sp³-hybridized carbons (Fsp3) is 0.727. The summed E-state index contributed by atoms with van der Waals surface area (Å²) in [5, 5.41) is 20.6. The molecular weight excluding hydrogens is 1240 g/mol. The number of ether oxygens (including phenoxy) is 3. The summed E-state index contributed by atoms with van der Waals surface area (Å²) in [6.45, 7) is 2.52. The quantitative estimate of drug-likeness (QED) is 0.0146. The molecule has 0 aromatic rings. The Hall–Kier alpha value is -3.79. The minimum atomic E-state index is -4.93. The summed E-state index contributed by atoms with van der Waals surface area (Å²) in [4.78, 5) is 58.5. The lowest BCUT2D eigenvalue weighted by Crippen LogP contribution is -2.30. The number of esters is 3.